The molecule has 1 aliphatic rings. The van der Waals surface area contributed by atoms with Gasteiger partial charge in [-0.1, -0.05) is 12.1 Å². The Balaban J connectivity index is 1.88. The van der Waals surface area contributed by atoms with E-state index in [1.54, 1.807) is 0 Å². The number of nitrogens with two attached hydrogens (primary N) is 2. The summed E-state index contributed by atoms with van der Waals surface area (Å²) in [7, 11) is 0. The fourth-order valence-electron chi connectivity index (χ4n) is 2.51. The lowest BCUT2D eigenvalue weighted by Gasteiger charge is -2.02. The van der Waals surface area contributed by atoms with Crippen LogP contribution in [-0.2, 0) is 6.42 Å². The van der Waals surface area contributed by atoms with Gasteiger partial charge < -0.3 is 21.8 Å². The van der Waals surface area contributed by atoms with Gasteiger partial charge in [0.15, 0.2) is 11.5 Å². The SMILES string of the molecule is Nc1nc(N)c2[nH]c(-c3ccc4c(c3)NCC4)nc2n1. The van der Waals surface area contributed by atoms with Crippen molar-refractivity contribution < 1.29 is 0 Å². The fourth-order valence-corrected chi connectivity index (χ4v) is 2.51. The van der Waals surface area contributed by atoms with Crippen molar-refractivity contribution in [3.05, 3.63) is 23.8 Å². The molecule has 0 aliphatic carbocycles. The van der Waals surface area contributed by atoms with Crippen LogP contribution >= 0.6 is 0 Å². The van der Waals surface area contributed by atoms with E-state index in [4.69, 9.17) is 11.5 Å². The number of imidazole rings is 1. The molecular formula is C13H13N7. The molecule has 0 atom stereocenters. The molecule has 2 aromatic heterocycles. The Bertz CT molecular complexity index is 821. The van der Waals surface area contributed by atoms with Crippen molar-refractivity contribution in [1.29, 1.82) is 0 Å². The Morgan fingerprint density at radius 3 is 2.90 bits per heavy atom. The third kappa shape index (κ3) is 1.56. The summed E-state index contributed by atoms with van der Waals surface area (Å²) < 4.78 is 0. The molecule has 0 saturated heterocycles. The summed E-state index contributed by atoms with van der Waals surface area (Å²) in [6, 6.07) is 6.23. The van der Waals surface area contributed by atoms with E-state index in [1.807, 2.05) is 6.07 Å². The Morgan fingerprint density at radius 2 is 2.00 bits per heavy atom. The van der Waals surface area contributed by atoms with Gasteiger partial charge in [0.25, 0.3) is 0 Å². The van der Waals surface area contributed by atoms with Crippen LogP contribution < -0.4 is 16.8 Å². The molecule has 0 bridgehead atoms. The topological polar surface area (TPSA) is 119 Å². The van der Waals surface area contributed by atoms with Crippen molar-refractivity contribution >= 4 is 28.6 Å². The fraction of sp³-hybridized carbons (Fsp3) is 0.154. The van der Waals surface area contributed by atoms with Gasteiger partial charge in [0.1, 0.15) is 11.3 Å². The number of hydrogen-bond donors (Lipinski definition) is 4. The van der Waals surface area contributed by atoms with Gasteiger partial charge in [-0.05, 0) is 18.1 Å². The minimum absolute atomic E-state index is 0.128. The minimum Gasteiger partial charge on any atom is -0.384 e. The molecular weight excluding hydrogens is 254 g/mol. The summed E-state index contributed by atoms with van der Waals surface area (Å²) in [6.45, 7) is 0.980. The van der Waals surface area contributed by atoms with Gasteiger partial charge in [-0.2, -0.15) is 9.97 Å². The standard InChI is InChI=1S/C13H13N7/c14-10-9-12(20-13(15)18-10)19-11(17-9)7-2-1-6-3-4-16-8(6)5-7/h1-2,5,16H,3-4H2,(H5,14,15,17,18,19,20). The summed E-state index contributed by atoms with van der Waals surface area (Å²) in [6.07, 6.45) is 1.06. The van der Waals surface area contributed by atoms with Gasteiger partial charge in [-0.3, -0.25) is 0 Å². The summed E-state index contributed by atoms with van der Waals surface area (Å²) in [5.41, 5.74) is 16.0. The lowest BCUT2D eigenvalue weighted by Crippen LogP contribution is -1.99. The van der Waals surface area contributed by atoms with Crippen LogP contribution in [0.3, 0.4) is 0 Å². The van der Waals surface area contributed by atoms with Gasteiger partial charge in [-0.25, -0.2) is 4.98 Å². The zero-order valence-corrected chi connectivity index (χ0v) is 10.6. The number of H-pyrrole nitrogens is 1. The highest BCUT2D eigenvalue weighted by Crippen LogP contribution is 2.29. The Morgan fingerprint density at radius 1 is 1.10 bits per heavy atom. The normalized spacial score (nSPS) is 13.4. The zero-order valence-electron chi connectivity index (χ0n) is 10.6. The average molecular weight is 267 g/mol. The number of nitrogen functional groups attached to an aromatic ring is 2. The van der Waals surface area contributed by atoms with Crippen LogP contribution in [-0.4, -0.2) is 26.5 Å². The third-order valence-electron chi connectivity index (χ3n) is 3.49. The van der Waals surface area contributed by atoms with Crippen molar-refractivity contribution in [3.63, 3.8) is 0 Å². The number of aromatic amines is 1. The van der Waals surface area contributed by atoms with Crippen molar-refractivity contribution in [3.8, 4) is 11.4 Å². The van der Waals surface area contributed by atoms with Crippen molar-refractivity contribution in [1.82, 2.24) is 19.9 Å². The second kappa shape index (κ2) is 3.83. The predicted octanol–water partition coefficient (Wildman–Crippen LogP) is 1.15. The van der Waals surface area contributed by atoms with Crippen LogP contribution in [0, 0.1) is 0 Å². The van der Waals surface area contributed by atoms with E-state index < -0.39 is 0 Å². The first-order chi connectivity index (χ1) is 9.70. The van der Waals surface area contributed by atoms with E-state index in [0.717, 1.165) is 24.2 Å². The Kier molecular flexibility index (Phi) is 2.11. The lowest BCUT2D eigenvalue weighted by atomic mass is 10.1. The maximum absolute atomic E-state index is 5.82. The molecule has 0 radical (unpaired) electrons. The van der Waals surface area contributed by atoms with E-state index in [9.17, 15) is 0 Å². The molecule has 3 aromatic rings. The van der Waals surface area contributed by atoms with Crippen LogP contribution in [0.25, 0.3) is 22.6 Å². The first-order valence-electron chi connectivity index (χ1n) is 6.36. The summed E-state index contributed by atoms with van der Waals surface area (Å²) in [4.78, 5) is 15.6. The third-order valence-corrected chi connectivity index (χ3v) is 3.49. The van der Waals surface area contributed by atoms with Crippen LogP contribution in [0.1, 0.15) is 5.56 Å². The quantitative estimate of drug-likeness (QED) is 0.525. The zero-order chi connectivity index (χ0) is 13.7. The maximum atomic E-state index is 5.82. The van der Waals surface area contributed by atoms with Crippen LogP contribution in [0.4, 0.5) is 17.5 Å². The van der Waals surface area contributed by atoms with Crippen LogP contribution in [0.2, 0.25) is 0 Å². The maximum Gasteiger partial charge on any atom is 0.224 e. The molecule has 100 valence electrons. The van der Waals surface area contributed by atoms with E-state index in [-0.39, 0.29) is 5.95 Å². The number of anilines is 3. The average Bonchev–Trinajstić information content (AvgIpc) is 3.03. The number of aromatic nitrogens is 4. The second-order valence-electron chi connectivity index (χ2n) is 4.80. The number of benzene rings is 1. The minimum atomic E-state index is 0.128. The highest BCUT2D eigenvalue weighted by atomic mass is 15.1. The van der Waals surface area contributed by atoms with E-state index in [2.05, 4.69) is 37.4 Å². The van der Waals surface area contributed by atoms with E-state index in [1.165, 1.54) is 5.56 Å². The number of fused-ring (bicyclic) bond motifs is 2. The molecule has 4 rings (SSSR count). The first-order valence-corrected chi connectivity index (χ1v) is 6.36. The van der Waals surface area contributed by atoms with Gasteiger partial charge in [0, 0.05) is 17.8 Å². The van der Waals surface area contributed by atoms with Crippen LogP contribution in [0.5, 0.6) is 0 Å². The molecule has 20 heavy (non-hydrogen) atoms. The van der Waals surface area contributed by atoms with Crippen molar-refractivity contribution in [2.45, 2.75) is 6.42 Å². The number of nitrogens with one attached hydrogen (secondary N) is 2. The molecule has 0 amide bonds. The van der Waals surface area contributed by atoms with E-state index >= 15 is 0 Å². The van der Waals surface area contributed by atoms with Gasteiger partial charge in [0.05, 0.1) is 0 Å². The van der Waals surface area contributed by atoms with Crippen LogP contribution in [0.15, 0.2) is 18.2 Å². The largest absolute Gasteiger partial charge is 0.384 e. The number of rotatable bonds is 1. The number of hydrogen-bond acceptors (Lipinski definition) is 6. The van der Waals surface area contributed by atoms with Crippen molar-refractivity contribution in [2.75, 3.05) is 23.3 Å². The molecule has 0 unspecified atom stereocenters. The van der Waals surface area contributed by atoms with Gasteiger partial charge in [-0.15, -0.1) is 0 Å². The monoisotopic (exact) mass is 267 g/mol. The second-order valence-corrected chi connectivity index (χ2v) is 4.80. The predicted molar refractivity (Wildman–Crippen MR) is 78.1 cm³/mol. The highest BCUT2D eigenvalue weighted by molar-refractivity contribution is 5.85. The summed E-state index contributed by atoms with van der Waals surface area (Å²) in [5.74, 6) is 1.15. The highest BCUT2D eigenvalue weighted by Gasteiger charge is 2.14. The Labute approximate surface area is 114 Å². The molecule has 0 saturated carbocycles. The molecule has 7 nitrogen and oxygen atoms in total. The molecule has 0 spiro atoms. The molecule has 0 fully saturated rings. The van der Waals surface area contributed by atoms with Gasteiger partial charge >= 0.3 is 0 Å². The summed E-state index contributed by atoms with van der Waals surface area (Å²) in [5, 5.41) is 3.35. The first kappa shape index (κ1) is 11.0. The summed E-state index contributed by atoms with van der Waals surface area (Å²) >= 11 is 0. The molecule has 6 N–H and O–H groups in total. The van der Waals surface area contributed by atoms with E-state index in [0.29, 0.717) is 22.8 Å². The van der Waals surface area contributed by atoms with Crippen molar-refractivity contribution in [2.24, 2.45) is 0 Å². The van der Waals surface area contributed by atoms with Gasteiger partial charge in [0.2, 0.25) is 5.95 Å². The molecule has 1 aliphatic heterocycles. The lowest BCUT2D eigenvalue weighted by molar-refractivity contribution is 1.11. The number of nitrogens with zero attached hydrogens (tertiary/aromatic N) is 3. The molecule has 3 heterocycles. The molecule has 1 aromatic carbocycles. The smallest absolute Gasteiger partial charge is 0.224 e. The Hall–Kier alpha value is -2.83. The molecule has 7 heteroatoms.